The van der Waals surface area contributed by atoms with Gasteiger partial charge >= 0.3 is 0 Å². The molecule has 36 heavy (non-hydrogen) atoms. The van der Waals surface area contributed by atoms with E-state index in [9.17, 15) is 9.90 Å². The molecule has 3 heterocycles. The highest BCUT2D eigenvalue weighted by molar-refractivity contribution is 5.86. The van der Waals surface area contributed by atoms with Crippen molar-refractivity contribution in [3.8, 4) is 28.1 Å². The predicted molar refractivity (Wildman–Crippen MR) is 142 cm³/mol. The Balaban J connectivity index is 1.42. The van der Waals surface area contributed by atoms with Crippen LogP contribution in [0.3, 0.4) is 0 Å². The van der Waals surface area contributed by atoms with Crippen molar-refractivity contribution in [1.29, 1.82) is 0 Å². The highest BCUT2D eigenvalue weighted by Gasteiger charge is 2.32. The maximum atomic E-state index is 13.2. The van der Waals surface area contributed by atoms with E-state index in [0.29, 0.717) is 17.8 Å². The first kappa shape index (κ1) is 24.3. The second-order valence-corrected chi connectivity index (χ2v) is 9.53. The third kappa shape index (κ3) is 5.37. The molecular weight excluding hydrogens is 452 g/mol. The van der Waals surface area contributed by atoms with Gasteiger partial charge in [0, 0.05) is 38.3 Å². The normalized spacial score (nSPS) is 18.4. The van der Waals surface area contributed by atoms with Crippen molar-refractivity contribution in [3.63, 3.8) is 0 Å². The average Bonchev–Trinajstić information content (AvgIpc) is 3.40. The predicted octanol–water partition coefficient (Wildman–Crippen LogP) is 3.85. The summed E-state index contributed by atoms with van der Waals surface area (Å²) in [6.07, 6.45) is 1.73. The number of amides is 1. The molecule has 7 nitrogen and oxygen atoms in total. The molecule has 1 aromatic heterocycles. The summed E-state index contributed by atoms with van der Waals surface area (Å²) in [6.45, 7) is 7.66. The molecule has 2 N–H and O–H groups in total. The van der Waals surface area contributed by atoms with Gasteiger partial charge < -0.3 is 20.1 Å². The number of nitrogens with zero attached hydrogens (tertiary/aromatic N) is 3. The molecule has 188 valence electrons. The summed E-state index contributed by atoms with van der Waals surface area (Å²) in [6, 6.07) is 19.4. The van der Waals surface area contributed by atoms with E-state index in [1.54, 1.807) is 6.07 Å². The van der Waals surface area contributed by atoms with E-state index < -0.39 is 0 Å². The maximum Gasteiger partial charge on any atom is 0.242 e. The zero-order chi connectivity index (χ0) is 24.9. The van der Waals surface area contributed by atoms with Crippen molar-refractivity contribution in [2.75, 3.05) is 50.8 Å². The van der Waals surface area contributed by atoms with Crippen molar-refractivity contribution in [2.24, 2.45) is 0 Å². The third-order valence-electron chi connectivity index (χ3n) is 7.13. The number of nitrogens with one attached hydrogen (secondary N) is 1. The van der Waals surface area contributed by atoms with E-state index >= 15 is 0 Å². The molecule has 7 heteroatoms. The van der Waals surface area contributed by atoms with E-state index in [4.69, 9.17) is 9.72 Å². The lowest BCUT2D eigenvalue weighted by atomic mass is 9.99. The number of phenols is 1. The van der Waals surface area contributed by atoms with Gasteiger partial charge in [0.1, 0.15) is 17.6 Å². The van der Waals surface area contributed by atoms with Gasteiger partial charge in [0.2, 0.25) is 5.91 Å². The van der Waals surface area contributed by atoms with Gasteiger partial charge in [0.25, 0.3) is 0 Å². The smallest absolute Gasteiger partial charge is 0.242 e. The Kier molecular flexibility index (Phi) is 7.49. The van der Waals surface area contributed by atoms with Crippen molar-refractivity contribution in [2.45, 2.75) is 25.8 Å². The summed E-state index contributed by atoms with van der Waals surface area (Å²) in [4.78, 5) is 22.6. The largest absolute Gasteiger partial charge is 0.507 e. The summed E-state index contributed by atoms with van der Waals surface area (Å²) in [7, 11) is 0. The van der Waals surface area contributed by atoms with Gasteiger partial charge in [0.15, 0.2) is 0 Å². The number of phenolic OH excluding ortho intramolecular Hbond substituents is 1. The van der Waals surface area contributed by atoms with Crippen molar-refractivity contribution in [3.05, 3.63) is 66.2 Å². The molecule has 5 rings (SSSR count). The van der Waals surface area contributed by atoms with Crippen molar-refractivity contribution < 1.29 is 14.6 Å². The Hall–Kier alpha value is -3.42. The zero-order valence-electron chi connectivity index (χ0n) is 20.8. The number of morpholine rings is 1. The fourth-order valence-electron chi connectivity index (χ4n) is 5.14. The highest BCUT2D eigenvalue weighted by Crippen LogP contribution is 2.36. The van der Waals surface area contributed by atoms with E-state index in [1.165, 1.54) is 0 Å². The molecule has 0 bridgehead atoms. The van der Waals surface area contributed by atoms with Gasteiger partial charge in [0.05, 0.1) is 18.9 Å². The van der Waals surface area contributed by atoms with Gasteiger partial charge in [-0.2, -0.15) is 0 Å². The van der Waals surface area contributed by atoms with Crippen LogP contribution >= 0.6 is 0 Å². The number of carbonyl (C=O) groups is 1. The quantitative estimate of drug-likeness (QED) is 0.528. The third-order valence-corrected chi connectivity index (χ3v) is 7.13. The molecule has 0 spiro atoms. The summed E-state index contributed by atoms with van der Waals surface area (Å²) in [5.41, 5.74) is 4.68. The molecule has 2 aliphatic rings. The Labute approximate surface area is 212 Å². The lowest BCUT2D eigenvalue weighted by Crippen LogP contribution is -2.47. The maximum absolute atomic E-state index is 13.2. The van der Waals surface area contributed by atoms with Gasteiger partial charge in [-0.1, -0.05) is 36.4 Å². The molecule has 1 amide bonds. The number of pyridine rings is 1. The summed E-state index contributed by atoms with van der Waals surface area (Å²) in [5, 5.41) is 13.7. The van der Waals surface area contributed by atoms with Crippen LogP contribution in [0.1, 0.15) is 18.4 Å². The SMILES string of the molecule is Cc1ccccc1-c1cc(-c2ccccc2O)nc(N2CCC[C@H]2C(=O)NCCN2CCOCC2)c1. The molecule has 0 radical (unpaired) electrons. The van der Waals surface area contributed by atoms with Gasteiger partial charge in [-0.3, -0.25) is 9.69 Å². The van der Waals surface area contributed by atoms with E-state index in [0.717, 1.165) is 74.7 Å². The molecule has 2 fully saturated rings. The van der Waals surface area contributed by atoms with Gasteiger partial charge in [-0.05, 0) is 60.7 Å². The van der Waals surface area contributed by atoms with Crippen LogP contribution < -0.4 is 10.2 Å². The number of anilines is 1. The van der Waals surface area contributed by atoms with Crippen LogP contribution in [-0.2, 0) is 9.53 Å². The van der Waals surface area contributed by atoms with Crippen LogP contribution in [0.5, 0.6) is 5.75 Å². The highest BCUT2D eigenvalue weighted by atomic mass is 16.5. The summed E-state index contributed by atoms with van der Waals surface area (Å²) >= 11 is 0. The minimum atomic E-state index is -0.258. The zero-order valence-corrected chi connectivity index (χ0v) is 20.8. The number of aryl methyl sites for hydroxylation is 1. The molecule has 2 aliphatic heterocycles. The Morgan fingerprint density at radius 3 is 2.58 bits per heavy atom. The minimum Gasteiger partial charge on any atom is -0.507 e. The topological polar surface area (TPSA) is 77.9 Å². The monoisotopic (exact) mass is 486 g/mol. The van der Waals surface area contributed by atoms with Crippen LogP contribution in [0, 0.1) is 6.92 Å². The molecule has 3 aromatic rings. The lowest BCUT2D eigenvalue weighted by molar-refractivity contribution is -0.122. The van der Waals surface area contributed by atoms with Crippen LogP contribution in [0.25, 0.3) is 22.4 Å². The number of para-hydroxylation sites is 1. The molecular formula is C29H34N4O3. The van der Waals surface area contributed by atoms with Crippen LogP contribution in [0.4, 0.5) is 5.82 Å². The molecule has 0 unspecified atom stereocenters. The Morgan fingerprint density at radius 1 is 1.06 bits per heavy atom. The molecule has 0 aliphatic carbocycles. The second kappa shape index (κ2) is 11.1. The van der Waals surface area contributed by atoms with Crippen molar-refractivity contribution in [1.82, 2.24) is 15.2 Å². The van der Waals surface area contributed by atoms with E-state index in [2.05, 4.69) is 40.2 Å². The van der Waals surface area contributed by atoms with E-state index in [-0.39, 0.29) is 17.7 Å². The summed E-state index contributed by atoms with van der Waals surface area (Å²) in [5.74, 6) is 1.00. The average molecular weight is 487 g/mol. The van der Waals surface area contributed by atoms with Crippen LogP contribution in [-0.4, -0.2) is 72.9 Å². The number of benzene rings is 2. The standard InChI is InChI=1S/C29H34N4O3/c1-21-7-2-3-8-23(21)22-19-25(24-9-4-5-11-27(24)34)31-28(20-22)33-13-6-10-26(33)29(35)30-12-14-32-15-17-36-18-16-32/h2-5,7-9,11,19-20,26,34H,6,10,12-18H2,1H3,(H,30,35)/t26-/m0/s1. The number of carbonyl (C=O) groups excluding carboxylic acids is 1. The summed E-state index contributed by atoms with van der Waals surface area (Å²) < 4.78 is 5.41. The molecule has 1 atom stereocenters. The van der Waals surface area contributed by atoms with Gasteiger partial charge in [-0.15, -0.1) is 0 Å². The number of hydrogen-bond acceptors (Lipinski definition) is 6. The second-order valence-electron chi connectivity index (χ2n) is 9.53. The number of hydrogen-bond donors (Lipinski definition) is 2. The first-order chi connectivity index (χ1) is 17.6. The van der Waals surface area contributed by atoms with Gasteiger partial charge in [-0.25, -0.2) is 4.98 Å². The Bertz CT molecular complexity index is 1140. The molecule has 2 aromatic carbocycles. The fourth-order valence-corrected chi connectivity index (χ4v) is 5.14. The Morgan fingerprint density at radius 2 is 1.81 bits per heavy atom. The molecule has 0 saturated carbocycles. The molecule has 2 saturated heterocycles. The number of aromatic nitrogens is 1. The first-order valence-corrected chi connectivity index (χ1v) is 12.8. The van der Waals surface area contributed by atoms with E-state index in [1.807, 2.05) is 36.4 Å². The number of rotatable bonds is 7. The first-order valence-electron chi connectivity index (χ1n) is 12.8. The van der Waals surface area contributed by atoms with Crippen LogP contribution in [0.2, 0.25) is 0 Å². The number of aromatic hydroxyl groups is 1. The minimum absolute atomic E-state index is 0.0490. The lowest BCUT2D eigenvalue weighted by Gasteiger charge is -2.28. The fraction of sp³-hybridized carbons (Fsp3) is 0.379. The number of ether oxygens (including phenoxy) is 1. The van der Waals surface area contributed by atoms with Crippen molar-refractivity contribution >= 4 is 11.7 Å². The van der Waals surface area contributed by atoms with Crippen LogP contribution in [0.15, 0.2) is 60.7 Å².